The monoisotopic (exact) mass is 351 g/mol. The van der Waals surface area contributed by atoms with Crippen LogP contribution in [-0.4, -0.2) is 35.2 Å². The van der Waals surface area contributed by atoms with Crippen molar-refractivity contribution in [3.8, 4) is 11.5 Å². The molecular formula is C21H25N3O2. The maximum Gasteiger partial charge on any atom is 0.121 e. The molecule has 1 heterocycles. The number of methoxy groups -OCH3 is 1. The van der Waals surface area contributed by atoms with Gasteiger partial charge in [0.1, 0.15) is 11.5 Å². The Bertz CT molecular complexity index is 892. The number of pyridine rings is 1. The summed E-state index contributed by atoms with van der Waals surface area (Å²) in [5.41, 5.74) is 3.56. The smallest absolute Gasteiger partial charge is 0.121 e. The van der Waals surface area contributed by atoms with Crippen LogP contribution in [0.3, 0.4) is 0 Å². The predicted molar refractivity (Wildman–Crippen MR) is 106 cm³/mol. The number of nitrogens with zero attached hydrogens (tertiary/aromatic N) is 2. The molecule has 0 saturated carbocycles. The minimum atomic E-state index is 0.316. The predicted octanol–water partition coefficient (Wildman–Crippen LogP) is 4.53. The van der Waals surface area contributed by atoms with Crippen molar-refractivity contribution in [2.24, 2.45) is 0 Å². The van der Waals surface area contributed by atoms with E-state index < -0.39 is 0 Å². The van der Waals surface area contributed by atoms with Crippen LogP contribution in [0.5, 0.6) is 11.5 Å². The summed E-state index contributed by atoms with van der Waals surface area (Å²) in [5.74, 6) is 1.09. The van der Waals surface area contributed by atoms with Gasteiger partial charge in [-0.15, -0.1) is 0 Å². The Labute approximate surface area is 154 Å². The normalized spacial score (nSPS) is 11.1. The van der Waals surface area contributed by atoms with Gasteiger partial charge in [0.05, 0.1) is 18.3 Å². The summed E-state index contributed by atoms with van der Waals surface area (Å²) < 4.78 is 5.41. The van der Waals surface area contributed by atoms with Crippen LogP contribution in [0.1, 0.15) is 19.4 Å². The maximum atomic E-state index is 10.2. The summed E-state index contributed by atoms with van der Waals surface area (Å²) in [6.07, 6.45) is 1.78. The molecule has 0 aliphatic rings. The number of hydrogen-bond acceptors (Lipinski definition) is 5. The third-order valence-corrected chi connectivity index (χ3v) is 4.56. The minimum absolute atomic E-state index is 0.316. The summed E-state index contributed by atoms with van der Waals surface area (Å²) in [4.78, 5) is 6.76. The van der Waals surface area contributed by atoms with Gasteiger partial charge in [-0.1, -0.05) is 19.9 Å². The van der Waals surface area contributed by atoms with E-state index in [1.807, 2.05) is 36.4 Å². The van der Waals surface area contributed by atoms with E-state index in [1.54, 1.807) is 19.4 Å². The quantitative estimate of drug-likeness (QED) is 0.612. The first kappa shape index (κ1) is 18.0. The lowest BCUT2D eigenvalue weighted by Gasteiger charge is -2.19. The largest absolute Gasteiger partial charge is 0.508 e. The Morgan fingerprint density at radius 1 is 1.12 bits per heavy atom. The van der Waals surface area contributed by atoms with E-state index >= 15 is 0 Å². The molecule has 0 amide bonds. The van der Waals surface area contributed by atoms with E-state index in [1.165, 1.54) is 0 Å². The number of aromatic nitrogens is 1. The van der Waals surface area contributed by atoms with Gasteiger partial charge in [0, 0.05) is 35.4 Å². The van der Waals surface area contributed by atoms with E-state index in [2.05, 4.69) is 29.0 Å². The van der Waals surface area contributed by atoms with Crippen LogP contribution in [-0.2, 0) is 6.54 Å². The molecule has 136 valence electrons. The van der Waals surface area contributed by atoms with E-state index in [-0.39, 0.29) is 0 Å². The molecule has 0 bridgehead atoms. The number of rotatable bonds is 7. The van der Waals surface area contributed by atoms with Gasteiger partial charge in [0.15, 0.2) is 0 Å². The number of fused-ring (bicyclic) bond motifs is 1. The zero-order chi connectivity index (χ0) is 18.5. The zero-order valence-electron chi connectivity index (χ0n) is 15.5. The average Bonchev–Trinajstić information content (AvgIpc) is 2.68. The molecule has 5 nitrogen and oxygen atoms in total. The second-order valence-electron chi connectivity index (χ2n) is 6.18. The number of phenols is 1. The van der Waals surface area contributed by atoms with Crippen LogP contribution >= 0.6 is 0 Å². The molecule has 0 spiro atoms. The lowest BCUT2D eigenvalue weighted by atomic mass is 10.1. The van der Waals surface area contributed by atoms with Crippen molar-refractivity contribution < 1.29 is 9.84 Å². The molecule has 0 radical (unpaired) electrons. The first-order valence-electron chi connectivity index (χ1n) is 8.88. The number of aromatic hydroxyl groups is 1. The number of ether oxygens (including phenoxy) is 1. The van der Waals surface area contributed by atoms with Crippen LogP contribution in [0.2, 0.25) is 0 Å². The fraction of sp³-hybridized carbons (Fsp3) is 0.286. The Hall–Kier alpha value is -2.79. The van der Waals surface area contributed by atoms with E-state index in [0.29, 0.717) is 12.3 Å². The van der Waals surface area contributed by atoms with Gasteiger partial charge in [-0.05, 0) is 43.4 Å². The van der Waals surface area contributed by atoms with Crippen molar-refractivity contribution in [2.45, 2.75) is 20.4 Å². The van der Waals surface area contributed by atoms with Gasteiger partial charge in [-0.25, -0.2) is 0 Å². The van der Waals surface area contributed by atoms with Crippen LogP contribution in [0.15, 0.2) is 48.7 Å². The highest BCUT2D eigenvalue weighted by atomic mass is 16.5. The molecule has 0 saturated heterocycles. The van der Waals surface area contributed by atoms with Crippen molar-refractivity contribution in [1.29, 1.82) is 0 Å². The number of nitrogens with one attached hydrogen (secondary N) is 1. The Balaban J connectivity index is 1.95. The van der Waals surface area contributed by atoms with E-state index in [4.69, 9.17) is 4.74 Å². The second kappa shape index (κ2) is 8.06. The van der Waals surface area contributed by atoms with Crippen LogP contribution in [0.25, 0.3) is 10.9 Å². The Kier molecular flexibility index (Phi) is 5.58. The molecule has 2 aromatic carbocycles. The standard InChI is InChI=1S/C21H25N3O2/c1-4-24(5-2)14-16-11-17(8-9-20(16)25)23-19-13-18(26-3)12-15-7-6-10-22-21(15)19/h6-13,23,25H,4-5,14H2,1-3H3. The molecular weight excluding hydrogens is 326 g/mol. The van der Waals surface area contributed by atoms with Gasteiger partial charge >= 0.3 is 0 Å². The van der Waals surface area contributed by atoms with Gasteiger partial charge in [0.2, 0.25) is 0 Å². The van der Waals surface area contributed by atoms with Gasteiger partial charge in [0.25, 0.3) is 0 Å². The summed E-state index contributed by atoms with van der Waals surface area (Å²) in [5, 5.41) is 14.6. The maximum absolute atomic E-state index is 10.2. The molecule has 26 heavy (non-hydrogen) atoms. The first-order valence-corrected chi connectivity index (χ1v) is 8.88. The van der Waals surface area contributed by atoms with Crippen molar-refractivity contribution in [2.75, 3.05) is 25.5 Å². The van der Waals surface area contributed by atoms with Gasteiger partial charge in [-0.2, -0.15) is 0 Å². The molecule has 3 rings (SSSR count). The zero-order valence-corrected chi connectivity index (χ0v) is 15.5. The van der Waals surface area contributed by atoms with Crippen LogP contribution in [0.4, 0.5) is 11.4 Å². The van der Waals surface area contributed by atoms with Gasteiger partial charge in [-0.3, -0.25) is 9.88 Å². The van der Waals surface area contributed by atoms with Crippen molar-refractivity contribution in [1.82, 2.24) is 9.88 Å². The first-order chi connectivity index (χ1) is 12.6. The second-order valence-corrected chi connectivity index (χ2v) is 6.18. The average molecular weight is 351 g/mol. The molecule has 2 N–H and O–H groups in total. The number of benzene rings is 2. The Morgan fingerprint density at radius 2 is 1.92 bits per heavy atom. The SMILES string of the molecule is CCN(CC)Cc1cc(Nc2cc(OC)cc3cccnc23)ccc1O. The van der Waals surface area contributed by atoms with Crippen molar-refractivity contribution in [3.05, 3.63) is 54.2 Å². The fourth-order valence-electron chi connectivity index (χ4n) is 3.01. The molecule has 5 heteroatoms. The van der Waals surface area contributed by atoms with Crippen LogP contribution < -0.4 is 10.1 Å². The molecule has 0 atom stereocenters. The molecule has 3 aromatic rings. The Morgan fingerprint density at radius 3 is 2.65 bits per heavy atom. The third kappa shape index (κ3) is 3.89. The summed E-state index contributed by atoms with van der Waals surface area (Å²) in [6.45, 7) is 6.84. The number of phenolic OH excluding ortho intramolecular Hbond substituents is 1. The summed E-state index contributed by atoms with van der Waals surface area (Å²) in [7, 11) is 1.66. The highest BCUT2D eigenvalue weighted by Crippen LogP contribution is 2.31. The van der Waals surface area contributed by atoms with E-state index in [9.17, 15) is 5.11 Å². The number of anilines is 2. The molecule has 1 aromatic heterocycles. The highest BCUT2D eigenvalue weighted by molar-refractivity contribution is 5.93. The fourth-order valence-corrected chi connectivity index (χ4v) is 3.01. The van der Waals surface area contributed by atoms with E-state index in [0.717, 1.165) is 46.7 Å². The highest BCUT2D eigenvalue weighted by Gasteiger charge is 2.10. The number of hydrogen-bond donors (Lipinski definition) is 2. The van der Waals surface area contributed by atoms with Gasteiger partial charge < -0.3 is 15.2 Å². The molecule has 0 fully saturated rings. The topological polar surface area (TPSA) is 57.6 Å². The van der Waals surface area contributed by atoms with Crippen molar-refractivity contribution >= 4 is 22.3 Å². The third-order valence-electron chi connectivity index (χ3n) is 4.56. The van der Waals surface area contributed by atoms with Crippen LogP contribution in [0, 0.1) is 0 Å². The molecule has 0 unspecified atom stereocenters. The molecule has 0 aliphatic carbocycles. The lowest BCUT2D eigenvalue weighted by molar-refractivity contribution is 0.291. The summed E-state index contributed by atoms with van der Waals surface area (Å²) in [6, 6.07) is 13.4. The molecule has 0 aliphatic heterocycles. The minimum Gasteiger partial charge on any atom is -0.508 e. The summed E-state index contributed by atoms with van der Waals surface area (Å²) >= 11 is 0. The van der Waals surface area contributed by atoms with Crippen molar-refractivity contribution in [3.63, 3.8) is 0 Å². The lowest BCUT2D eigenvalue weighted by Crippen LogP contribution is -2.22.